The summed E-state index contributed by atoms with van der Waals surface area (Å²) in [5, 5.41) is 0. The van der Waals surface area contributed by atoms with Crippen LogP contribution in [0.2, 0.25) is 0 Å². The first-order chi connectivity index (χ1) is 8.22. The van der Waals surface area contributed by atoms with E-state index < -0.39 is 0 Å². The molecule has 0 atom stereocenters. The normalized spacial score (nSPS) is 10.9. The Morgan fingerprint density at radius 3 is 2.59 bits per heavy atom. The SMILES string of the molecule is CCO/C(C#Cc1ccccc1)=C/CN(C)C. The molecule has 0 fully saturated rings. The summed E-state index contributed by atoms with van der Waals surface area (Å²) < 4.78 is 5.47. The van der Waals surface area contributed by atoms with Gasteiger partial charge in [-0.05, 0) is 45.1 Å². The second-order valence-corrected chi connectivity index (χ2v) is 3.88. The lowest BCUT2D eigenvalue weighted by Crippen LogP contribution is -2.11. The van der Waals surface area contributed by atoms with Gasteiger partial charge in [0.1, 0.15) is 0 Å². The molecule has 90 valence electrons. The minimum atomic E-state index is 0.642. The van der Waals surface area contributed by atoms with E-state index in [9.17, 15) is 0 Å². The Morgan fingerprint density at radius 2 is 2.00 bits per heavy atom. The average Bonchev–Trinajstić information content (AvgIpc) is 2.34. The van der Waals surface area contributed by atoms with E-state index in [1.807, 2.05) is 57.4 Å². The molecule has 1 aromatic rings. The molecule has 0 aliphatic carbocycles. The molecule has 0 bridgehead atoms. The summed E-state index contributed by atoms with van der Waals surface area (Å²) in [5.41, 5.74) is 1.00. The van der Waals surface area contributed by atoms with Crippen molar-refractivity contribution in [3.8, 4) is 11.8 Å². The molecule has 0 aromatic heterocycles. The Balaban J connectivity index is 2.73. The zero-order valence-corrected chi connectivity index (χ0v) is 10.7. The maximum absolute atomic E-state index is 5.47. The monoisotopic (exact) mass is 229 g/mol. The highest BCUT2D eigenvalue weighted by Gasteiger charge is 1.93. The molecule has 0 aliphatic rings. The van der Waals surface area contributed by atoms with Gasteiger partial charge in [-0.2, -0.15) is 0 Å². The van der Waals surface area contributed by atoms with Crippen LogP contribution in [-0.4, -0.2) is 32.1 Å². The van der Waals surface area contributed by atoms with E-state index in [4.69, 9.17) is 4.74 Å². The summed E-state index contributed by atoms with van der Waals surface area (Å²) >= 11 is 0. The fraction of sp³-hybridized carbons (Fsp3) is 0.333. The van der Waals surface area contributed by atoms with Gasteiger partial charge in [-0.1, -0.05) is 24.1 Å². The van der Waals surface area contributed by atoms with Gasteiger partial charge in [0.2, 0.25) is 0 Å². The van der Waals surface area contributed by atoms with Crippen LogP contribution >= 0.6 is 0 Å². The van der Waals surface area contributed by atoms with E-state index in [-0.39, 0.29) is 0 Å². The molecule has 0 N–H and O–H groups in total. The van der Waals surface area contributed by atoms with Gasteiger partial charge in [0.15, 0.2) is 5.76 Å². The highest BCUT2D eigenvalue weighted by Crippen LogP contribution is 1.99. The van der Waals surface area contributed by atoms with E-state index in [1.54, 1.807) is 0 Å². The summed E-state index contributed by atoms with van der Waals surface area (Å²) in [6, 6.07) is 9.92. The molecular formula is C15H19NO. The van der Waals surface area contributed by atoms with Crippen LogP contribution in [0.25, 0.3) is 0 Å². The second-order valence-electron chi connectivity index (χ2n) is 3.88. The second kappa shape index (κ2) is 7.54. The van der Waals surface area contributed by atoms with E-state index >= 15 is 0 Å². The van der Waals surface area contributed by atoms with Gasteiger partial charge < -0.3 is 9.64 Å². The third kappa shape index (κ3) is 5.79. The fourth-order valence-electron chi connectivity index (χ4n) is 1.22. The standard InChI is InChI=1S/C15H19NO/c1-4-17-15(12-13-16(2)3)11-10-14-8-6-5-7-9-14/h5-9,12H,4,13H2,1-3H3/b15-12+. The first-order valence-corrected chi connectivity index (χ1v) is 5.77. The number of likely N-dealkylation sites (N-methyl/N-ethyl adjacent to an activating group) is 1. The fourth-order valence-corrected chi connectivity index (χ4v) is 1.22. The first-order valence-electron chi connectivity index (χ1n) is 5.77. The van der Waals surface area contributed by atoms with Gasteiger partial charge in [0, 0.05) is 12.1 Å². The molecule has 0 spiro atoms. The number of hydrogen-bond acceptors (Lipinski definition) is 2. The summed E-state index contributed by atoms with van der Waals surface area (Å²) in [5.74, 6) is 6.89. The minimum Gasteiger partial charge on any atom is -0.486 e. The molecule has 0 saturated carbocycles. The van der Waals surface area contributed by atoms with E-state index in [0.29, 0.717) is 6.61 Å². The van der Waals surface area contributed by atoms with Crippen molar-refractivity contribution in [2.75, 3.05) is 27.2 Å². The van der Waals surface area contributed by atoms with Crippen molar-refractivity contribution in [1.82, 2.24) is 4.90 Å². The third-order valence-electron chi connectivity index (χ3n) is 2.05. The number of benzene rings is 1. The lowest BCUT2D eigenvalue weighted by Gasteiger charge is -2.06. The van der Waals surface area contributed by atoms with E-state index in [0.717, 1.165) is 17.9 Å². The molecule has 1 aromatic carbocycles. The largest absolute Gasteiger partial charge is 0.486 e. The number of allylic oxidation sites excluding steroid dienone is 1. The van der Waals surface area contributed by atoms with Crippen LogP contribution < -0.4 is 0 Å². The number of rotatable bonds is 4. The molecule has 0 heterocycles. The zero-order chi connectivity index (χ0) is 12.5. The van der Waals surface area contributed by atoms with Gasteiger partial charge in [0.05, 0.1) is 6.61 Å². The predicted octanol–water partition coefficient (Wildman–Crippen LogP) is 2.52. The molecule has 0 amide bonds. The average molecular weight is 229 g/mol. The summed E-state index contributed by atoms with van der Waals surface area (Å²) in [4.78, 5) is 2.07. The lowest BCUT2D eigenvalue weighted by atomic mass is 10.2. The van der Waals surface area contributed by atoms with Crippen LogP contribution in [0, 0.1) is 11.8 Å². The topological polar surface area (TPSA) is 12.5 Å². The van der Waals surface area contributed by atoms with Crippen LogP contribution in [0.1, 0.15) is 12.5 Å². The Hall–Kier alpha value is -1.72. The smallest absolute Gasteiger partial charge is 0.167 e. The molecule has 2 heteroatoms. The van der Waals surface area contributed by atoms with Gasteiger partial charge >= 0.3 is 0 Å². The van der Waals surface area contributed by atoms with E-state index in [2.05, 4.69) is 16.7 Å². The maximum Gasteiger partial charge on any atom is 0.167 e. The molecule has 0 saturated heterocycles. The van der Waals surface area contributed by atoms with Gasteiger partial charge in [0.25, 0.3) is 0 Å². The van der Waals surface area contributed by atoms with Crippen molar-refractivity contribution in [1.29, 1.82) is 0 Å². The molecule has 1 rings (SSSR count). The molecule has 17 heavy (non-hydrogen) atoms. The minimum absolute atomic E-state index is 0.642. The Labute approximate surface area is 104 Å². The van der Waals surface area contributed by atoms with Crippen LogP contribution in [0.3, 0.4) is 0 Å². The van der Waals surface area contributed by atoms with Crippen LogP contribution in [-0.2, 0) is 4.74 Å². The first kappa shape index (κ1) is 13.3. The maximum atomic E-state index is 5.47. The summed E-state index contributed by atoms with van der Waals surface area (Å²) in [7, 11) is 4.04. The van der Waals surface area contributed by atoms with E-state index in [1.165, 1.54) is 0 Å². The Kier molecular flexibility index (Phi) is 5.92. The number of ether oxygens (including phenoxy) is 1. The van der Waals surface area contributed by atoms with Crippen molar-refractivity contribution < 1.29 is 4.74 Å². The third-order valence-corrected chi connectivity index (χ3v) is 2.05. The van der Waals surface area contributed by atoms with Crippen molar-refractivity contribution in [2.45, 2.75) is 6.92 Å². The van der Waals surface area contributed by atoms with Crippen LogP contribution in [0.15, 0.2) is 42.2 Å². The molecule has 0 unspecified atom stereocenters. The zero-order valence-electron chi connectivity index (χ0n) is 10.7. The molecule has 0 aliphatic heterocycles. The van der Waals surface area contributed by atoms with Crippen molar-refractivity contribution in [3.63, 3.8) is 0 Å². The quantitative estimate of drug-likeness (QED) is 0.581. The molecule has 0 radical (unpaired) electrons. The van der Waals surface area contributed by atoms with Crippen molar-refractivity contribution >= 4 is 0 Å². The Bertz CT molecular complexity index is 410. The molecule has 2 nitrogen and oxygen atoms in total. The lowest BCUT2D eigenvalue weighted by molar-refractivity contribution is 0.243. The molecular weight excluding hydrogens is 210 g/mol. The number of nitrogens with zero attached hydrogens (tertiary/aromatic N) is 1. The van der Waals surface area contributed by atoms with Crippen molar-refractivity contribution in [2.24, 2.45) is 0 Å². The summed E-state index contributed by atoms with van der Waals surface area (Å²) in [6.07, 6.45) is 2.00. The highest BCUT2D eigenvalue weighted by molar-refractivity contribution is 5.38. The van der Waals surface area contributed by atoms with Gasteiger partial charge in [-0.3, -0.25) is 0 Å². The predicted molar refractivity (Wildman–Crippen MR) is 71.6 cm³/mol. The van der Waals surface area contributed by atoms with Gasteiger partial charge in [-0.25, -0.2) is 0 Å². The number of hydrogen-bond donors (Lipinski definition) is 0. The van der Waals surface area contributed by atoms with Crippen molar-refractivity contribution in [3.05, 3.63) is 47.7 Å². The van der Waals surface area contributed by atoms with Gasteiger partial charge in [-0.15, -0.1) is 0 Å². The van der Waals surface area contributed by atoms with Crippen LogP contribution in [0.4, 0.5) is 0 Å². The van der Waals surface area contributed by atoms with Crippen LogP contribution in [0.5, 0.6) is 0 Å². The Morgan fingerprint density at radius 1 is 1.29 bits per heavy atom. The highest BCUT2D eigenvalue weighted by atomic mass is 16.5. The summed E-state index contributed by atoms with van der Waals surface area (Å²) in [6.45, 7) is 3.44.